The third-order valence-electron chi connectivity index (χ3n) is 6.51. The van der Waals surface area contributed by atoms with Crippen LogP contribution in [0.15, 0.2) is 101 Å². The van der Waals surface area contributed by atoms with E-state index >= 15 is 0 Å². The van der Waals surface area contributed by atoms with Crippen LogP contribution in [0.4, 0.5) is 34.4 Å². The van der Waals surface area contributed by atoms with E-state index in [1.54, 1.807) is 78.9 Å². The minimum absolute atomic E-state index is 0.0615. The number of rotatable bonds is 10. The Labute approximate surface area is 261 Å². The van der Waals surface area contributed by atoms with E-state index in [-0.39, 0.29) is 23.0 Å². The number of aromatic nitrogens is 2. The molecule has 0 aliphatic rings. The lowest BCUT2D eigenvalue weighted by molar-refractivity contribution is 0.0992. The number of methoxy groups -OCH3 is 2. The minimum Gasteiger partial charge on any atom is -0.497 e. The first-order chi connectivity index (χ1) is 21.7. The van der Waals surface area contributed by atoms with Crippen molar-refractivity contribution in [3.05, 3.63) is 96.6 Å². The van der Waals surface area contributed by atoms with Gasteiger partial charge in [0.25, 0.3) is 11.3 Å². The molecule has 0 saturated heterocycles. The van der Waals surface area contributed by atoms with Gasteiger partial charge in [0.15, 0.2) is 22.4 Å². The van der Waals surface area contributed by atoms with Crippen molar-refractivity contribution in [3.8, 4) is 11.5 Å². The van der Waals surface area contributed by atoms with Gasteiger partial charge in [0.1, 0.15) is 11.5 Å². The SMILES string of the molecule is COc1cc(Nc2nc3ccccc3nc2N(c2cccc(N=[N+]=NC(=O)c3ccc(N(C)C)cc3)c2)S(=O)O)cc(OC)c1. The Bertz CT molecular complexity index is 1920. The predicted molar refractivity (Wildman–Crippen MR) is 173 cm³/mol. The zero-order chi connectivity index (χ0) is 31.9. The average Bonchev–Trinajstić information content (AvgIpc) is 3.04. The van der Waals surface area contributed by atoms with Gasteiger partial charge in [-0.15, -0.1) is 0 Å². The molecule has 2 N–H and O–H groups in total. The van der Waals surface area contributed by atoms with Crippen LogP contribution < -0.4 is 28.9 Å². The predicted octanol–water partition coefficient (Wildman–Crippen LogP) is 6.17. The van der Waals surface area contributed by atoms with Crippen LogP contribution >= 0.6 is 0 Å². The summed E-state index contributed by atoms with van der Waals surface area (Å²) in [6.07, 6.45) is 0. The van der Waals surface area contributed by atoms with Crippen molar-refractivity contribution in [2.75, 3.05) is 42.8 Å². The molecule has 1 heterocycles. The topological polar surface area (TPSA) is 156 Å². The van der Waals surface area contributed by atoms with Gasteiger partial charge in [0.05, 0.1) is 30.9 Å². The van der Waals surface area contributed by atoms with Crippen molar-refractivity contribution in [1.29, 1.82) is 0 Å². The molecule has 0 aliphatic heterocycles. The van der Waals surface area contributed by atoms with Crippen LogP contribution in [0, 0.1) is 0 Å². The number of para-hydroxylation sites is 2. The van der Waals surface area contributed by atoms with Gasteiger partial charge in [-0.1, -0.05) is 18.2 Å². The number of fused-ring (bicyclic) bond motifs is 1. The summed E-state index contributed by atoms with van der Waals surface area (Å²) in [6, 6.07) is 25.6. The highest BCUT2D eigenvalue weighted by atomic mass is 32.2. The molecule has 1 amide bonds. The molecule has 45 heavy (non-hydrogen) atoms. The van der Waals surface area contributed by atoms with Crippen molar-refractivity contribution >= 4 is 62.6 Å². The molecule has 0 spiro atoms. The molecular weight excluding hydrogens is 596 g/mol. The van der Waals surface area contributed by atoms with Gasteiger partial charge in [-0.05, 0) is 54.6 Å². The number of nitrogens with one attached hydrogen (secondary N) is 1. The second-order valence-corrected chi connectivity index (χ2v) is 10.5. The summed E-state index contributed by atoms with van der Waals surface area (Å²) in [4.78, 5) is 27.5. The Morgan fingerprint density at radius 2 is 1.53 bits per heavy atom. The van der Waals surface area contributed by atoms with Gasteiger partial charge in [0.2, 0.25) is 10.0 Å². The van der Waals surface area contributed by atoms with Crippen LogP contribution in [0.1, 0.15) is 10.4 Å². The fourth-order valence-electron chi connectivity index (χ4n) is 4.28. The Morgan fingerprint density at radius 3 is 2.16 bits per heavy atom. The van der Waals surface area contributed by atoms with Crippen molar-refractivity contribution in [2.45, 2.75) is 0 Å². The van der Waals surface area contributed by atoms with Crippen LogP contribution in [0.3, 0.4) is 0 Å². The number of amides is 1. The van der Waals surface area contributed by atoms with Crippen LogP contribution in [-0.4, -0.2) is 53.0 Å². The van der Waals surface area contributed by atoms with E-state index in [1.807, 2.05) is 25.1 Å². The summed E-state index contributed by atoms with van der Waals surface area (Å²) >= 11 is -2.59. The number of hydrogen-bond donors (Lipinski definition) is 2. The highest BCUT2D eigenvalue weighted by molar-refractivity contribution is 7.81. The lowest BCUT2D eigenvalue weighted by Crippen LogP contribution is -2.22. The summed E-state index contributed by atoms with van der Waals surface area (Å²) in [5, 5.41) is 10.9. The van der Waals surface area contributed by atoms with Crippen LogP contribution in [0.25, 0.3) is 11.0 Å². The first-order valence-electron chi connectivity index (χ1n) is 13.5. The van der Waals surface area contributed by atoms with Crippen molar-refractivity contribution in [1.82, 2.24) is 14.9 Å². The normalized spacial score (nSPS) is 11.2. The molecule has 5 rings (SSSR count). The van der Waals surface area contributed by atoms with Crippen molar-refractivity contribution in [3.63, 3.8) is 0 Å². The van der Waals surface area contributed by atoms with E-state index in [4.69, 9.17) is 14.5 Å². The number of ether oxygens (including phenoxy) is 2. The molecule has 1 atom stereocenters. The third-order valence-corrected chi connectivity index (χ3v) is 7.20. The molecule has 0 saturated carbocycles. The van der Waals surface area contributed by atoms with Gasteiger partial charge in [-0.25, -0.2) is 18.5 Å². The molecule has 4 aromatic carbocycles. The highest BCUT2D eigenvalue weighted by Crippen LogP contribution is 2.36. The molecule has 5 aromatic rings. The number of anilines is 5. The third kappa shape index (κ3) is 7.28. The Morgan fingerprint density at radius 1 is 0.867 bits per heavy atom. The summed E-state index contributed by atoms with van der Waals surface area (Å²) in [6.45, 7) is 0. The van der Waals surface area contributed by atoms with Crippen LogP contribution in [-0.2, 0) is 11.3 Å². The van der Waals surface area contributed by atoms with E-state index in [0.717, 1.165) is 9.99 Å². The first-order valence-corrected chi connectivity index (χ1v) is 14.5. The molecule has 0 aliphatic carbocycles. The second-order valence-electron chi connectivity index (χ2n) is 9.69. The molecule has 1 unspecified atom stereocenters. The fraction of sp³-hybridized carbons (Fsp3) is 0.129. The van der Waals surface area contributed by atoms with Crippen LogP contribution in [0.2, 0.25) is 0 Å². The molecule has 0 radical (unpaired) electrons. The van der Waals surface area contributed by atoms with Crippen molar-refractivity contribution in [2.24, 2.45) is 10.2 Å². The summed E-state index contributed by atoms with van der Waals surface area (Å²) in [5.41, 5.74) is 3.45. The number of carbonyl (C=O) groups is 1. The largest absolute Gasteiger partial charge is 0.497 e. The zero-order valence-corrected chi connectivity index (χ0v) is 25.6. The lowest BCUT2D eigenvalue weighted by Gasteiger charge is -2.22. The van der Waals surface area contributed by atoms with Gasteiger partial charge in [-0.2, -0.15) is 0 Å². The van der Waals surface area contributed by atoms with Crippen molar-refractivity contribution < 1.29 is 23.0 Å². The van der Waals surface area contributed by atoms with Gasteiger partial charge < -0.3 is 19.7 Å². The maximum atomic E-state index is 12.9. The quantitative estimate of drug-likeness (QED) is 0.105. The van der Waals surface area contributed by atoms with E-state index in [9.17, 15) is 13.6 Å². The van der Waals surface area contributed by atoms with E-state index in [1.165, 1.54) is 20.3 Å². The van der Waals surface area contributed by atoms with E-state index < -0.39 is 17.2 Å². The average molecular weight is 626 g/mol. The fourth-order valence-corrected chi connectivity index (χ4v) is 4.84. The lowest BCUT2D eigenvalue weighted by atomic mass is 10.2. The molecule has 14 heteroatoms. The highest BCUT2D eigenvalue weighted by Gasteiger charge is 2.24. The van der Waals surface area contributed by atoms with E-state index in [0.29, 0.717) is 33.8 Å². The van der Waals surface area contributed by atoms with Crippen LogP contribution in [0.5, 0.6) is 11.5 Å². The number of nitrogens with zero attached hydrogens (tertiary/aromatic N) is 7. The summed E-state index contributed by atoms with van der Waals surface area (Å²) < 4.78 is 35.2. The summed E-state index contributed by atoms with van der Waals surface area (Å²) in [7, 11) is 6.87. The molecule has 13 nitrogen and oxygen atoms in total. The molecular formula is C31H29N8O5S+. The zero-order valence-electron chi connectivity index (χ0n) is 24.8. The molecule has 1 aromatic heterocycles. The maximum Gasteiger partial charge on any atom is 0.360 e. The van der Waals surface area contributed by atoms with Gasteiger partial charge in [-0.3, -0.25) is 9.35 Å². The first kappa shape index (κ1) is 30.8. The van der Waals surface area contributed by atoms with Gasteiger partial charge >= 0.3 is 5.91 Å². The number of benzene rings is 4. The Hall–Kier alpha value is -5.69. The molecule has 228 valence electrons. The smallest absolute Gasteiger partial charge is 0.360 e. The molecule has 0 fully saturated rings. The Balaban J connectivity index is 1.51. The second kappa shape index (κ2) is 13.7. The minimum atomic E-state index is -2.59. The monoisotopic (exact) mass is 625 g/mol. The summed E-state index contributed by atoms with van der Waals surface area (Å²) in [5.74, 6) is 0.755. The Kier molecular flexibility index (Phi) is 9.39. The number of carbonyl (C=O) groups excluding carboxylic acids is 1. The maximum absolute atomic E-state index is 12.9. The van der Waals surface area contributed by atoms with Gasteiger partial charge in [0, 0.05) is 49.2 Å². The standard InChI is InChI=1S/C31H28N8O5S/c1-38(2)23-14-12-20(13-15-23)31(40)36-37-35-21-8-7-9-24(16-21)39(45(41)42)30-29(33-27-10-5-6-11-28(27)34-30)32-22-17-25(43-3)19-26(18-22)44-4/h5-19H,1-4H3,(H-,32,33,41,42)/p+1. The molecule has 0 bridgehead atoms. The number of hydrogen-bond acceptors (Lipinski definition) is 9. The van der Waals surface area contributed by atoms with E-state index in [2.05, 4.69) is 25.4 Å².